The fraction of sp³-hybridized carbons (Fsp3) is 0.300. The predicted octanol–water partition coefficient (Wildman–Crippen LogP) is 5.78. The summed E-state index contributed by atoms with van der Waals surface area (Å²) in [5.41, 5.74) is 0.662. The minimum absolute atomic E-state index is 0.00331. The molecule has 2 unspecified atom stereocenters. The number of nitrogens with one attached hydrogen (secondary N) is 1. The Kier molecular flexibility index (Phi) is 8.40. The van der Waals surface area contributed by atoms with E-state index in [1.807, 2.05) is 48.1 Å². The lowest BCUT2D eigenvalue weighted by Gasteiger charge is -2.34. The van der Waals surface area contributed by atoms with Crippen molar-refractivity contribution in [3.63, 3.8) is 0 Å². The summed E-state index contributed by atoms with van der Waals surface area (Å²) in [5, 5.41) is 9.90. The standard InChI is InChI=1S/C40H37FN10O4S/c1-49-15-14-42-34(49)13-16-54-40-46-37-33(39(47-40)50-21-26-11-12-27(22-50)45-26)20-43-36(35(37)41)32-19-29(17-25-5-2-3-8-31(25)32)55-28-6-4-7-30(18-28)56(52,53)51-23-44-38(48-51)24-9-10-24/h2-8,14-15,17-20,23-24,26-27,45H,9-13,16,21-22H2,1H3. The van der Waals surface area contributed by atoms with Gasteiger partial charge in [0.15, 0.2) is 11.6 Å². The summed E-state index contributed by atoms with van der Waals surface area (Å²) in [4.78, 5) is 24.9. The second kappa shape index (κ2) is 13.6. The molecule has 0 spiro atoms. The maximum atomic E-state index is 17.2. The summed E-state index contributed by atoms with van der Waals surface area (Å²) in [7, 11) is -2.10. The summed E-state index contributed by atoms with van der Waals surface area (Å²) in [6.07, 6.45) is 11.1. The highest BCUT2D eigenvalue weighted by atomic mass is 32.2. The van der Waals surface area contributed by atoms with Gasteiger partial charge in [0, 0.05) is 74.8 Å². The third kappa shape index (κ3) is 6.37. The van der Waals surface area contributed by atoms with Gasteiger partial charge < -0.3 is 24.3 Å². The minimum Gasteiger partial charge on any atom is -0.463 e. The van der Waals surface area contributed by atoms with Gasteiger partial charge in [0.25, 0.3) is 10.0 Å². The van der Waals surface area contributed by atoms with Crippen molar-refractivity contribution < 1.29 is 22.3 Å². The molecule has 2 aliphatic heterocycles. The molecule has 1 N–H and O–H groups in total. The van der Waals surface area contributed by atoms with E-state index in [-0.39, 0.29) is 40.4 Å². The van der Waals surface area contributed by atoms with Gasteiger partial charge in [0.1, 0.15) is 40.7 Å². The van der Waals surface area contributed by atoms with Gasteiger partial charge in [-0.2, -0.15) is 18.4 Å². The van der Waals surface area contributed by atoms with Gasteiger partial charge in [-0.25, -0.2) is 14.4 Å². The molecule has 284 valence electrons. The highest BCUT2D eigenvalue weighted by Crippen LogP contribution is 2.40. The number of benzene rings is 3. The van der Waals surface area contributed by atoms with Crippen LogP contribution in [0.5, 0.6) is 17.5 Å². The van der Waals surface area contributed by atoms with Crippen molar-refractivity contribution >= 4 is 37.5 Å². The molecule has 56 heavy (non-hydrogen) atoms. The molecule has 3 aliphatic rings. The number of aromatic nitrogens is 8. The first-order chi connectivity index (χ1) is 27.3. The molecule has 2 atom stereocenters. The Hall–Kier alpha value is -6.00. The molecule has 14 nitrogen and oxygen atoms in total. The topological polar surface area (TPSA) is 155 Å². The molecule has 7 aromatic rings. The summed E-state index contributed by atoms with van der Waals surface area (Å²) in [6.45, 7) is 1.71. The number of rotatable bonds is 11. The van der Waals surface area contributed by atoms with Gasteiger partial charge in [0.2, 0.25) is 0 Å². The van der Waals surface area contributed by atoms with E-state index in [4.69, 9.17) is 19.4 Å². The number of halogens is 1. The van der Waals surface area contributed by atoms with E-state index in [9.17, 15) is 8.42 Å². The fourth-order valence-corrected chi connectivity index (χ4v) is 8.84. The average molecular weight is 773 g/mol. The van der Waals surface area contributed by atoms with E-state index >= 15 is 4.39 Å². The molecular formula is C40H37FN10O4S. The number of imidazole rings is 1. The van der Waals surface area contributed by atoms with Crippen LogP contribution in [-0.2, 0) is 23.5 Å². The van der Waals surface area contributed by atoms with Crippen LogP contribution in [0.3, 0.4) is 0 Å². The largest absolute Gasteiger partial charge is 0.463 e. The van der Waals surface area contributed by atoms with Crippen LogP contribution in [0.1, 0.15) is 43.3 Å². The van der Waals surface area contributed by atoms with Crippen molar-refractivity contribution in [2.45, 2.75) is 55.0 Å². The van der Waals surface area contributed by atoms with Crippen molar-refractivity contribution in [3.05, 3.63) is 103 Å². The Labute approximate surface area is 321 Å². The van der Waals surface area contributed by atoms with E-state index in [0.29, 0.717) is 46.8 Å². The van der Waals surface area contributed by atoms with Crippen molar-refractivity contribution in [1.29, 1.82) is 0 Å². The lowest BCUT2D eigenvalue weighted by atomic mass is 10.00. The number of hydrogen-bond acceptors (Lipinski definition) is 12. The summed E-state index contributed by atoms with van der Waals surface area (Å²) in [5.74, 6) is 2.20. The summed E-state index contributed by atoms with van der Waals surface area (Å²) >= 11 is 0. The first-order valence-corrected chi connectivity index (χ1v) is 20.2. The minimum atomic E-state index is -4.02. The molecule has 6 heterocycles. The number of piperazine rings is 1. The first kappa shape index (κ1) is 34.5. The van der Waals surface area contributed by atoms with Crippen molar-refractivity contribution in [2.24, 2.45) is 7.05 Å². The van der Waals surface area contributed by atoms with Crippen LogP contribution in [0.2, 0.25) is 0 Å². The number of hydrogen-bond donors (Lipinski definition) is 1. The molecule has 3 fully saturated rings. The van der Waals surface area contributed by atoms with Crippen LogP contribution in [-0.4, -0.2) is 78.9 Å². The Balaban J connectivity index is 1.02. The lowest BCUT2D eigenvalue weighted by molar-refractivity contribution is 0.293. The highest BCUT2D eigenvalue weighted by Gasteiger charge is 2.34. The van der Waals surface area contributed by atoms with Crippen LogP contribution in [0.4, 0.5) is 10.2 Å². The quantitative estimate of drug-likeness (QED) is 0.170. The number of pyridine rings is 1. The molecule has 1 saturated carbocycles. The molecule has 16 heteroatoms. The molecule has 2 saturated heterocycles. The summed E-state index contributed by atoms with van der Waals surface area (Å²) < 4.78 is 59.4. The molecule has 2 bridgehead atoms. The van der Waals surface area contributed by atoms with Gasteiger partial charge in [-0.1, -0.05) is 30.3 Å². The van der Waals surface area contributed by atoms with Crippen LogP contribution in [0.25, 0.3) is 32.9 Å². The van der Waals surface area contributed by atoms with Crippen molar-refractivity contribution in [3.8, 4) is 28.8 Å². The average Bonchev–Trinajstić information content (AvgIpc) is 3.61. The molecule has 3 aromatic carbocycles. The Morgan fingerprint density at radius 3 is 2.55 bits per heavy atom. The zero-order valence-corrected chi connectivity index (χ0v) is 31.2. The Morgan fingerprint density at radius 1 is 0.911 bits per heavy atom. The smallest absolute Gasteiger partial charge is 0.319 e. The maximum Gasteiger partial charge on any atom is 0.319 e. The summed E-state index contributed by atoms with van der Waals surface area (Å²) in [6, 6.07) is 18.0. The molecular weight excluding hydrogens is 736 g/mol. The third-order valence-corrected chi connectivity index (χ3v) is 12.3. The van der Waals surface area contributed by atoms with E-state index in [1.54, 1.807) is 30.6 Å². The number of anilines is 1. The number of nitrogens with zero attached hydrogens (tertiary/aromatic N) is 9. The van der Waals surface area contributed by atoms with Gasteiger partial charge in [-0.05, 0) is 60.7 Å². The second-order valence-corrected chi connectivity index (χ2v) is 16.4. The fourth-order valence-electron chi connectivity index (χ4n) is 7.74. The van der Waals surface area contributed by atoms with Crippen molar-refractivity contribution in [1.82, 2.24) is 44.0 Å². The first-order valence-electron chi connectivity index (χ1n) is 18.7. The van der Waals surface area contributed by atoms with Gasteiger partial charge in [0.05, 0.1) is 16.9 Å². The van der Waals surface area contributed by atoms with Crippen LogP contribution in [0, 0.1) is 5.82 Å². The van der Waals surface area contributed by atoms with Gasteiger partial charge >= 0.3 is 6.01 Å². The van der Waals surface area contributed by atoms with E-state index < -0.39 is 15.8 Å². The monoisotopic (exact) mass is 772 g/mol. The predicted molar refractivity (Wildman–Crippen MR) is 206 cm³/mol. The molecule has 0 amide bonds. The van der Waals surface area contributed by atoms with E-state index in [2.05, 4.69) is 30.3 Å². The van der Waals surface area contributed by atoms with Crippen LogP contribution in [0.15, 0.2) is 90.5 Å². The highest BCUT2D eigenvalue weighted by molar-refractivity contribution is 7.89. The maximum absolute atomic E-state index is 17.2. The van der Waals surface area contributed by atoms with E-state index in [1.165, 1.54) is 18.5 Å². The molecule has 10 rings (SSSR count). The van der Waals surface area contributed by atoms with Crippen LogP contribution < -0.4 is 19.7 Å². The third-order valence-electron chi connectivity index (χ3n) is 10.7. The zero-order valence-electron chi connectivity index (χ0n) is 30.4. The Bertz CT molecular complexity index is 2740. The van der Waals surface area contributed by atoms with E-state index in [0.717, 1.165) is 59.5 Å². The number of fused-ring (bicyclic) bond motifs is 4. The SMILES string of the molecule is Cn1ccnc1CCOc1nc(N2CC3CCC(C2)N3)c2cnc(-c3cc(Oc4cccc(S(=O)(=O)n5cnc(C6CC6)n5)c4)cc4ccccc34)c(F)c2n1. The normalized spacial score (nSPS) is 18.2. The number of aryl methyl sites for hydroxylation is 1. The Morgan fingerprint density at radius 2 is 1.75 bits per heavy atom. The number of ether oxygens (including phenoxy) is 2. The van der Waals surface area contributed by atoms with Crippen LogP contribution >= 0.6 is 0 Å². The van der Waals surface area contributed by atoms with Gasteiger partial charge in [-0.3, -0.25) is 4.98 Å². The van der Waals surface area contributed by atoms with Gasteiger partial charge in [-0.15, -0.1) is 9.19 Å². The van der Waals surface area contributed by atoms with Crippen molar-refractivity contribution in [2.75, 3.05) is 24.6 Å². The molecule has 0 radical (unpaired) electrons. The zero-order chi connectivity index (χ0) is 38.0. The second-order valence-electron chi connectivity index (χ2n) is 14.6. The lowest BCUT2D eigenvalue weighted by Crippen LogP contribution is -2.51. The molecule has 1 aliphatic carbocycles. The molecule has 4 aromatic heterocycles.